The monoisotopic (exact) mass is 369 g/mol. The highest BCUT2D eigenvalue weighted by atomic mass is 19.1. The molecular formula is C20H24FN5O. The van der Waals surface area contributed by atoms with Gasteiger partial charge in [-0.25, -0.2) is 9.37 Å². The summed E-state index contributed by atoms with van der Waals surface area (Å²) in [6.07, 6.45) is 2.38. The molecular weight excluding hydrogens is 345 g/mol. The van der Waals surface area contributed by atoms with Crippen LogP contribution in [-0.4, -0.2) is 60.0 Å². The number of aromatic nitrogens is 2. The third-order valence-electron chi connectivity index (χ3n) is 5.20. The Labute approximate surface area is 158 Å². The van der Waals surface area contributed by atoms with Gasteiger partial charge < -0.3 is 14.7 Å². The van der Waals surface area contributed by atoms with Gasteiger partial charge in [-0.15, -0.1) is 0 Å². The first kappa shape index (κ1) is 17.7. The lowest BCUT2D eigenvalue weighted by atomic mass is 10.2. The quantitative estimate of drug-likeness (QED) is 0.832. The van der Waals surface area contributed by atoms with Crippen molar-refractivity contribution in [3.8, 4) is 0 Å². The van der Waals surface area contributed by atoms with Crippen LogP contribution in [0.1, 0.15) is 28.9 Å². The summed E-state index contributed by atoms with van der Waals surface area (Å²) in [5, 5.41) is 0. The lowest BCUT2D eigenvalue weighted by Gasteiger charge is -2.35. The number of carbonyl (C=O) groups is 1. The Kier molecular flexibility index (Phi) is 4.92. The number of anilines is 2. The van der Waals surface area contributed by atoms with Crippen molar-refractivity contribution >= 4 is 17.7 Å². The molecule has 0 N–H and O–H groups in total. The normalized spacial score (nSPS) is 17.5. The molecule has 0 unspecified atom stereocenters. The second-order valence-electron chi connectivity index (χ2n) is 7.15. The molecule has 1 aromatic heterocycles. The van der Waals surface area contributed by atoms with E-state index >= 15 is 0 Å². The van der Waals surface area contributed by atoms with Gasteiger partial charge in [0.2, 0.25) is 5.95 Å². The van der Waals surface area contributed by atoms with Gasteiger partial charge in [-0.3, -0.25) is 4.79 Å². The minimum Gasteiger partial charge on any atom is -0.353 e. The van der Waals surface area contributed by atoms with Gasteiger partial charge >= 0.3 is 0 Å². The highest BCUT2D eigenvalue weighted by molar-refractivity contribution is 5.94. The molecule has 1 amide bonds. The first-order chi connectivity index (χ1) is 13.1. The average Bonchev–Trinajstić information content (AvgIpc) is 3.23. The number of hydrogen-bond donors (Lipinski definition) is 0. The summed E-state index contributed by atoms with van der Waals surface area (Å²) in [6.45, 7) is 6.73. The van der Waals surface area contributed by atoms with Gasteiger partial charge in [-0.2, -0.15) is 4.98 Å². The number of carbonyl (C=O) groups excluding carboxylic acids is 1. The van der Waals surface area contributed by atoms with Crippen molar-refractivity contribution in [2.24, 2.45) is 0 Å². The molecule has 2 aliphatic rings. The van der Waals surface area contributed by atoms with Crippen LogP contribution < -0.4 is 9.80 Å². The molecule has 3 heterocycles. The minimum absolute atomic E-state index is 0.0497. The second-order valence-corrected chi connectivity index (χ2v) is 7.15. The molecule has 27 heavy (non-hydrogen) atoms. The Morgan fingerprint density at radius 2 is 1.59 bits per heavy atom. The largest absolute Gasteiger partial charge is 0.353 e. The molecule has 2 aliphatic heterocycles. The zero-order valence-corrected chi connectivity index (χ0v) is 15.6. The third-order valence-corrected chi connectivity index (χ3v) is 5.20. The smallest absolute Gasteiger partial charge is 0.253 e. The summed E-state index contributed by atoms with van der Waals surface area (Å²) < 4.78 is 13.1. The zero-order valence-electron chi connectivity index (χ0n) is 15.6. The van der Waals surface area contributed by atoms with Crippen LogP contribution in [0.5, 0.6) is 0 Å². The van der Waals surface area contributed by atoms with E-state index < -0.39 is 0 Å². The predicted molar refractivity (Wildman–Crippen MR) is 103 cm³/mol. The van der Waals surface area contributed by atoms with Crippen LogP contribution in [-0.2, 0) is 0 Å². The summed E-state index contributed by atoms with van der Waals surface area (Å²) in [4.78, 5) is 28.2. The van der Waals surface area contributed by atoms with Gasteiger partial charge in [0.15, 0.2) is 0 Å². The van der Waals surface area contributed by atoms with Crippen LogP contribution in [0.4, 0.5) is 16.2 Å². The molecule has 2 fully saturated rings. The van der Waals surface area contributed by atoms with Crippen molar-refractivity contribution in [1.82, 2.24) is 14.9 Å². The molecule has 2 saturated heterocycles. The van der Waals surface area contributed by atoms with E-state index in [9.17, 15) is 9.18 Å². The van der Waals surface area contributed by atoms with Crippen LogP contribution in [0.15, 0.2) is 30.3 Å². The van der Waals surface area contributed by atoms with Crippen molar-refractivity contribution in [3.63, 3.8) is 0 Å². The molecule has 0 bridgehead atoms. The fraction of sp³-hybridized carbons (Fsp3) is 0.450. The molecule has 142 valence electrons. The van der Waals surface area contributed by atoms with E-state index in [1.54, 1.807) is 12.1 Å². The lowest BCUT2D eigenvalue weighted by molar-refractivity contribution is 0.0746. The third kappa shape index (κ3) is 3.86. The topological polar surface area (TPSA) is 52.6 Å². The summed E-state index contributed by atoms with van der Waals surface area (Å²) in [5.74, 6) is 1.36. The number of hydrogen-bond acceptors (Lipinski definition) is 5. The maximum atomic E-state index is 13.1. The molecule has 4 rings (SSSR count). The van der Waals surface area contributed by atoms with Gasteiger partial charge in [0.05, 0.1) is 0 Å². The number of rotatable bonds is 3. The average molecular weight is 369 g/mol. The molecule has 1 aromatic carbocycles. The Morgan fingerprint density at radius 1 is 0.926 bits per heavy atom. The fourth-order valence-electron chi connectivity index (χ4n) is 3.67. The van der Waals surface area contributed by atoms with Crippen molar-refractivity contribution < 1.29 is 9.18 Å². The van der Waals surface area contributed by atoms with Crippen LogP contribution in [0.25, 0.3) is 0 Å². The van der Waals surface area contributed by atoms with Gasteiger partial charge in [-0.1, -0.05) is 0 Å². The Balaban J connectivity index is 1.43. The summed E-state index contributed by atoms with van der Waals surface area (Å²) in [5.41, 5.74) is 1.49. The van der Waals surface area contributed by atoms with E-state index in [0.717, 1.165) is 43.6 Å². The van der Waals surface area contributed by atoms with Gasteiger partial charge in [0.1, 0.15) is 11.6 Å². The fourth-order valence-corrected chi connectivity index (χ4v) is 3.67. The van der Waals surface area contributed by atoms with Gasteiger partial charge in [0.25, 0.3) is 5.91 Å². The van der Waals surface area contributed by atoms with Crippen LogP contribution in [0.2, 0.25) is 0 Å². The van der Waals surface area contributed by atoms with E-state index in [4.69, 9.17) is 4.98 Å². The van der Waals surface area contributed by atoms with Crippen LogP contribution >= 0.6 is 0 Å². The minimum atomic E-state index is -0.329. The van der Waals surface area contributed by atoms with E-state index in [0.29, 0.717) is 18.7 Å². The molecule has 6 nitrogen and oxygen atoms in total. The maximum Gasteiger partial charge on any atom is 0.253 e. The van der Waals surface area contributed by atoms with E-state index in [-0.39, 0.29) is 11.7 Å². The van der Waals surface area contributed by atoms with Crippen molar-refractivity contribution in [2.45, 2.75) is 19.8 Å². The summed E-state index contributed by atoms with van der Waals surface area (Å²) >= 11 is 0. The second kappa shape index (κ2) is 7.50. The first-order valence-electron chi connectivity index (χ1n) is 9.50. The Hall–Kier alpha value is -2.70. The van der Waals surface area contributed by atoms with Gasteiger partial charge in [-0.05, 0) is 44.0 Å². The van der Waals surface area contributed by atoms with Crippen LogP contribution in [0.3, 0.4) is 0 Å². The first-order valence-corrected chi connectivity index (χ1v) is 9.50. The number of amides is 1. The summed E-state index contributed by atoms with van der Waals surface area (Å²) in [6, 6.07) is 7.75. The van der Waals surface area contributed by atoms with Crippen molar-refractivity contribution in [3.05, 3.63) is 47.4 Å². The van der Waals surface area contributed by atoms with Crippen molar-refractivity contribution in [2.75, 3.05) is 49.1 Å². The Bertz CT molecular complexity index is 812. The lowest BCUT2D eigenvalue weighted by Crippen LogP contribution is -2.49. The summed E-state index contributed by atoms with van der Waals surface area (Å²) in [7, 11) is 0. The number of aryl methyl sites for hydroxylation is 1. The standard InChI is InChI=1S/C20H24FN5O/c1-15-14-18(23-20(22-15)26-8-2-3-9-26)24-10-12-25(13-11-24)19(27)16-4-6-17(21)7-5-16/h4-7,14H,2-3,8-13H2,1H3. The molecule has 0 atom stereocenters. The maximum absolute atomic E-state index is 13.1. The highest BCUT2D eigenvalue weighted by Crippen LogP contribution is 2.22. The predicted octanol–water partition coefficient (Wildman–Crippen LogP) is 2.49. The molecule has 2 aromatic rings. The number of piperazine rings is 1. The van der Waals surface area contributed by atoms with E-state index in [2.05, 4.69) is 14.8 Å². The number of benzene rings is 1. The molecule has 0 spiro atoms. The molecule has 7 heteroatoms. The zero-order chi connectivity index (χ0) is 18.8. The van der Waals surface area contributed by atoms with Crippen LogP contribution in [0, 0.1) is 12.7 Å². The van der Waals surface area contributed by atoms with E-state index in [1.165, 1.54) is 25.0 Å². The number of nitrogens with zero attached hydrogens (tertiary/aromatic N) is 5. The van der Waals surface area contributed by atoms with Gasteiger partial charge in [0, 0.05) is 56.6 Å². The Morgan fingerprint density at radius 3 is 2.26 bits per heavy atom. The SMILES string of the molecule is Cc1cc(N2CCN(C(=O)c3ccc(F)cc3)CC2)nc(N2CCCC2)n1. The number of halogens is 1. The molecule has 0 saturated carbocycles. The highest BCUT2D eigenvalue weighted by Gasteiger charge is 2.24. The van der Waals surface area contributed by atoms with E-state index in [1.807, 2.05) is 17.9 Å². The molecule has 0 radical (unpaired) electrons. The van der Waals surface area contributed by atoms with Crippen molar-refractivity contribution in [1.29, 1.82) is 0 Å². The molecule has 0 aliphatic carbocycles.